The van der Waals surface area contributed by atoms with E-state index < -0.39 is 10.0 Å². The van der Waals surface area contributed by atoms with Gasteiger partial charge in [-0.05, 0) is 44.0 Å². The molecule has 1 heterocycles. The predicted octanol–water partition coefficient (Wildman–Crippen LogP) is 2.21. The number of hydrogen-bond acceptors (Lipinski definition) is 3. The van der Waals surface area contributed by atoms with E-state index in [1.807, 2.05) is 6.07 Å². The summed E-state index contributed by atoms with van der Waals surface area (Å²) in [4.78, 5) is 0.349. The zero-order valence-electron chi connectivity index (χ0n) is 10.6. The average Bonchev–Trinajstić information content (AvgIpc) is 2.33. The molecule has 1 aromatic carbocycles. The summed E-state index contributed by atoms with van der Waals surface area (Å²) in [7, 11) is -3.43. The van der Waals surface area contributed by atoms with Gasteiger partial charge in [0.05, 0.1) is 4.90 Å². The van der Waals surface area contributed by atoms with Crippen LogP contribution in [0.4, 0.5) is 0 Å². The molecule has 0 aliphatic carbocycles. The van der Waals surface area contributed by atoms with Crippen molar-refractivity contribution < 1.29 is 8.42 Å². The first-order valence-electron chi connectivity index (χ1n) is 5.98. The number of halogens is 2. The third kappa shape index (κ3) is 4.43. The minimum absolute atomic E-state index is 0. The molecule has 0 radical (unpaired) electrons. The van der Waals surface area contributed by atoms with E-state index in [0.29, 0.717) is 11.4 Å². The van der Waals surface area contributed by atoms with Crippen molar-refractivity contribution in [3.05, 3.63) is 28.2 Å². The Morgan fingerprint density at radius 3 is 2.79 bits per heavy atom. The molecule has 0 saturated carbocycles. The van der Waals surface area contributed by atoms with Gasteiger partial charge in [0.1, 0.15) is 0 Å². The molecule has 1 fully saturated rings. The number of sulfonamides is 1. The number of nitrogens with one attached hydrogen (secondary N) is 2. The molecule has 0 unspecified atom stereocenters. The van der Waals surface area contributed by atoms with Gasteiger partial charge in [-0.1, -0.05) is 22.0 Å². The monoisotopic (exact) mass is 368 g/mol. The van der Waals surface area contributed by atoms with Crippen LogP contribution in [0.1, 0.15) is 18.4 Å². The number of benzene rings is 1. The summed E-state index contributed by atoms with van der Waals surface area (Å²) in [6.07, 6.45) is 1.89. The molecular weight excluding hydrogens is 352 g/mol. The van der Waals surface area contributed by atoms with Gasteiger partial charge in [0.2, 0.25) is 10.0 Å². The molecule has 0 aromatic heterocycles. The van der Waals surface area contributed by atoms with Crippen LogP contribution in [-0.4, -0.2) is 27.5 Å². The number of hydrogen-bond donors (Lipinski definition) is 2. The maximum absolute atomic E-state index is 12.3. The molecule has 2 rings (SSSR count). The van der Waals surface area contributed by atoms with E-state index in [0.717, 1.165) is 29.4 Å². The smallest absolute Gasteiger partial charge is 0.241 e. The van der Waals surface area contributed by atoms with Gasteiger partial charge in [-0.2, -0.15) is 0 Å². The summed E-state index contributed by atoms with van der Waals surface area (Å²) in [5.41, 5.74) is 0.759. The Morgan fingerprint density at radius 1 is 1.42 bits per heavy atom. The first-order valence-corrected chi connectivity index (χ1v) is 8.26. The lowest BCUT2D eigenvalue weighted by Gasteiger charge is -2.24. The average molecular weight is 370 g/mol. The summed E-state index contributed by atoms with van der Waals surface area (Å²) < 4.78 is 28.2. The molecule has 1 aliphatic heterocycles. The van der Waals surface area contributed by atoms with Gasteiger partial charge >= 0.3 is 0 Å². The van der Waals surface area contributed by atoms with Gasteiger partial charge in [0.25, 0.3) is 0 Å². The van der Waals surface area contributed by atoms with E-state index in [2.05, 4.69) is 26.0 Å². The Kier molecular flexibility index (Phi) is 6.26. The van der Waals surface area contributed by atoms with Crippen LogP contribution in [0.25, 0.3) is 0 Å². The van der Waals surface area contributed by atoms with E-state index in [4.69, 9.17) is 0 Å². The maximum Gasteiger partial charge on any atom is 0.241 e. The molecule has 0 spiro atoms. The number of piperidine rings is 1. The van der Waals surface area contributed by atoms with E-state index >= 15 is 0 Å². The normalized spacial score (nSPS) is 19.8. The molecule has 1 saturated heterocycles. The molecule has 1 atom stereocenters. The first-order chi connectivity index (χ1) is 8.49. The van der Waals surface area contributed by atoms with Crippen LogP contribution >= 0.6 is 28.3 Å². The quantitative estimate of drug-likeness (QED) is 0.859. The molecule has 0 amide bonds. The van der Waals surface area contributed by atoms with Gasteiger partial charge in [-0.3, -0.25) is 0 Å². The van der Waals surface area contributed by atoms with Crippen LogP contribution in [0.2, 0.25) is 0 Å². The van der Waals surface area contributed by atoms with Crippen LogP contribution < -0.4 is 10.0 Å². The van der Waals surface area contributed by atoms with Gasteiger partial charge in [-0.25, -0.2) is 13.1 Å². The summed E-state index contributed by atoms with van der Waals surface area (Å²) >= 11 is 3.31. The molecule has 7 heteroatoms. The highest BCUT2D eigenvalue weighted by Gasteiger charge is 2.23. The zero-order chi connectivity index (χ0) is 13.2. The van der Waals surface area contributed by atoms with Crippen molar-refractivity contribution in [2.24, 2.45) is 0 Å². The molecule has 4 nitrogen and oxygen atoms in total. The Morgan fingerprint density at radius 2 is 2.16 bits per heavy atom. The fraction of sp³-hybridized carbons (Fsp3) is 0.500. The molecule has 19 heavy (non-hydrogen) atoms. The van der Waals surface area contributed by atoms with Gasteiger partial charge in [0, 0.05) is 17.1 Å². The van der Waals surface area contributed by atoms with Gasteiger partial charge in [0.15, 0.2) is 0 Å². The Balaban J connectivity index is 0.00000180. The fourth-order valence-electron chi connectivity index (χ4n) is 2.10. The van der Waals surface area contributed by atoms with Crippen molar-refractivity contribution in [1.29, 1.82) is 0 Å². The lowest BCUT2D eigenvalue weighted by Crippen LogP contribution is -2.45. The topological polar surface area (TPSA) is 58.2 Å². The van der Waals surface area contributed by atoms with Crippen molar-refractivity contribution in [2.75, 3.05) is 13.1 Å². The largest absolute Gasteiger partial charge is 0.315 e. The third-order valence-corrected chi connectivity index (χ3v) is 5.21. The molecule has 108 valence electrons. The highest BCUT2D eigenvalue weighted by atomic mass is 79.9. The Labute approximate surface area is 128 Å². The summed E-state index contributed by atoms with van der Waals surface area (Å²) in [6, 6.07) is 5.28. The Bertz CT molecular complexity index is 531. The van der Waals surface area contributed by atoms with Crippen molar-refractivity contribution in [3.8, 4) is 0 Å². The number of aryl methyl sites for hydroxylation is 1. The second-order valence-electron chi connectivity index (χ2n) is 4.57. The summed E-state index contributed by atoms with van der Waals surface area (Å²) in [5, 5.41) is 3.20. The SMILES string of the molecule is Cc1ccc(Br)cc1S(=O)(=O)N[C@@H]1CCCNC1.Cl. The van der Waals surface area contributed by atoms with Crippen LogP contribution in [0.15, 0.2) is 27.6 Å². The molecule has 0 bridgehead atoms. The second-order valence-corrected chi connectivity index (χ2v) is 7.17. The standard InChI is InChI=1S/C12H17BrN2O2S.ClH/c1-9-4-5-10(13)7-12(9)18(16,17)15-11-3-2-6-14-8-11;/h4-5,7,11,14-15H,2-3,6,8H2,1H3;1H/t11-;/m1./s1. The molecule has 1 aliphatic rings. The lowest BCUT2D eigenvalue weighted by atomic mass is 10.1. The van der Waals surface area contributed by atoms with Crippen molar-refractivity contribution in [2.45, 2.75) is 30.7 Å². The second kappa shape index (κ2) is 7.04. The van der Waals surface area contributed by atoms with Crippen LogP contribution in [0.3, 0.4) is 0 Å². The van der Waals surface area contributed by atoms with Gasteiger partial charge < -0.3 is 5.32 Å². The molecule has 1 aromatic rings. The molecule has 2 N–H and O–H groups in total. The summed E-state index contributed by atoms with van der Waals surface area (Å²) in [5.74, 6) is 0. The maximum atomic E-state index is 12.3. The highest BCUT2D eigenvalue weighted by molar-refractivity contribution is 9.10. The van der Waals surface area contributed by atoms with Crippen LogP contribution in [-0.2, 0) is 10.0 Å². The fourth-order valence-corrected chi connectivity index (χ4v) is 4.15. The first kappa shape index (κ1) is 16.9. The van der Waals surface area contributed by atoms with Gasteiger partial charge in [-0.15, -0.1) is 12.4 Å². The summed E-state index contributed by atoms with van der Waals surface area (Å²) in [6.45, 7) is 3.47. The molecular formula is C12H18BrClN2O2S. The van der Waals surface area contributed by atoms with E-state index in [-0.39, 0.29) is 18.4 Å². The lowest BCUT2D eigenvalue weighted by molar-refractivity contribution is 0.428. The Hall–Kier alpha value is -0.140. The van der Waals surface area contributed by atoms with Crippen LogP contribution in [0, 0.1) is 6.92 Å². The van der Waals surface area contributed by atoms with E-state index in [1.165, 1.54) is 0 Å². The predicted molar refractivity (Wildman–Crippen MR) is 82.3 cm³/mol. The van der Waals surface area contributed by atoms with E-state index in [1.54, 1.807) is 19.1 Å². The zero-order valence-corrected chi connectivity index (χ0v) is 13.9. The minimum atomic E-state index is -3.43. The third-order valence-electron chi connectivity index (χ3n) is 3.06. The van der Waals surface area contributed by atoms with Crippen LogP contribution in [0.5, 0.6) is 0 Å². The van der Waals surface area contributed by atoms with Crippen molar-refractivity contribution in [3.63, 3.8) is 0 Å². The van der Waals surface area contributed by atoms with E-state index in [9.17, 15) is 8.42 Å². The highest BCUT2D eigenvalue weighted by Crippen LogP contribution is 2.21. The number of rotatable bonds is 3. The minimum Gasteiger partial charge on any atom is -0.315 e. The van der Waals surface area contributed by atoms with Crippen molar-refractivity contribution in [1.82, 2.24) is 10.0 Å². The van der Waals surface area contributed by atoms with Crippen molar-refractivity contribution >= 4 is 38.4 Å².